The van der Waals surface area contributed by atoms with Crippen LogP contribution >= 0.6 is 11.8 Å². The molecule has 84 valence electrons. The number of rotatable bonds is 2. The zero-order valence-electron chi connectivity index (χ0n) is 8.48. The lowest BCUT2D eigenvalue weighted by molar-refractivity contribution is -0.126. The SMILES string of the molecule is CCN1CC(F)C(N2C(=O)CSC2=O)C1. The molecule has 2 atom stereocenters. The molecule has 0 aromatic heterocycles. The molecule has 15 heavy (non-hydrogen) atoms. The molecule has 0 radical (unpaired) electrons. The van der Waals surface area contributed by atoms with Crippen LogP contribution in [0.15, 0.2) is 0 Å². The summed E-state index contributed by atoms with van der Waals surface area (Å²) in [6.07, 6.45) is -1.10. The first kappa shape index (κ1) is 10.9. The van der Waals surface area contributed by atoms with Crippen molar-refractivity contribution in [1.29, 1.82) is 0 Å². The quantitative estimate of drug-likeness (QED) is 0.703. The Morgan fingerprint density at radius 2 is 2.20 bits per heavy atom. The highest BCUT2D eigenvalue weighted by Gasteiger charge is 2.44. The van der Waals surface area contributed by atoms with Crippen LogP contribution in [-0.4, -0.2) is 58.5 Å². The Morgan fingerprint density at radius 1 is 1.47 bits per heavy atom. The summed E-state index contributed by atoms with van der Waals surface area (Å²) >= 11 is 0.963. The Hall–Kier alpha value is -0.620. The van der Waals surface area contributed by atoms with Gasteiger partial charge in [0.1, 0.15) is 6.17 Å². The number of halogens is 1. The topological polar surface area (TPSA) is 40.6 Å². The van der Waals surface area contributed by atoms with E-state index in [9.17, 15) is 14.0 Å². The van der Waals surface area contributed by atoms with Crippen LogP contribution in [-0.2, 0) is 4.79 Å². The number of alkyl halides is 1. The summed E-state index contributed by atoms with van der Waals surface area (Å²) in [6.45, 7) is 3.48. The molecule has 2 aliphatic rings. The summed E-state index contributed by atoms with van der Waals surface area (Å²) in [5.41, 5.74) is 0. The Morgan fingerprint density at radius 3 is 2.67 bits per heavy atom. The van der Waals surface area contributed by atoms with Gasteiger partial charge in [-0.3, -0.25) is 19.4 Å². The lowest BCUT2D eigenvalue weighted by Gasteiger charge is -2.22. The number of carbonyl (C=O) groups excluding carboxylic acids is 2. The first-order valence-corrected chi connectivity index (χ1v) is 5.97. The Balaban J connectivity index is 2.10. The van der Waals surface area contributed by atoms with Crippen LogP contribution in [0.25, 0.3) is 0 Å². The van der Waals surface area contributed by atoms with Crippen LogP contribution in [0.1, 0.15) is 6.92 Å². The third-order valence-corrected chi connectivity index (χ3v) is 3.69. The van der Waals surface area contributed by atoms with Crippen molar-refractivity contribution in [2.24, 2.45) is 0 Å². The van der Waals surface area contributed by atoms with Gasteiger partial charge < -0.3 is 0 Å². The molecule has 2 rings (SSSR count). The molecule has 0 bridgehead atoms. The third-order valence-electron chi connectivity index (χ3n) is 2.86. The lowest BCUT2D eigenvalue weighted by Crippen LogP contribution is -2.44. The number of amides is 2. The molecule has 4 nitrogen and oxygen atoms in total. The lowest BCUT2D eigenvalue weighted by atomic mass is 10.2. The van der Waals surface area contributed by atoms with Crippen molar-refractivity contribution in [2.75, 3.05) is 25.4 Å². The number of hydrogen-bond donors (Lipinski definition) is 0. The van der Waals surface area contributed by atoms with Gasteiger partial charge in [-0.15, -0.1) is 0 Å². The van der Waals surface area contributed by atoms with Gasteiger partial charge in [-0.05, 0) is 6.54 Å². The fourth-order valence-electron chi connectivity index (χ4n) is 2.01. The summed E-state index contributed by atoms with van der Waals surface area (Å²) in [6, 6.07) is -0.569. The van der Waals surface area contributed by atoms with E-state index in [0.29, 0.717) is 13.1 Å². The molecule has 0 aliphatic carbocycles. The highest BCUT2D eigenvalue weighted by Crippen LogP contribution is 2.27. The molecule has 0 N–H and O–H groups in total. The largest absolute Gasteiger partial charge is 0.298 e. The maximum atomic E-state index is 13.6. The van der Waals surface area contributed by atoms with E-state index < -0.39 is 12.2 Å². The number of thioether (sulfide) groups is 1. The summed E-state index contributed by atoms with van der Waals surface area (Å²) < 4.78 is 13.6. The van der Waals surface area contributed by atoms with E-state index in [4.69, 9.17) is 0 Å². The van der Waals surface area contributed by atoms with Gasteiger partial charge in [0, 0.05) is 13.1 Å². The highest BCUT2D eigenvalue weighted by atomic mass is 32.2. The minimum atomic E-state index is -1.10. The Labute approximate surface area is 91.8 Å². The predicted octanol–water partition coefficient (Wildman–Crippen LogP) is 0.724. The molecule has 6 heteroatoms. The van der Waals surface area contributed by atoms with Gasteiger partial charge in [-0.2, -0.15) is 0 Å². The second-order valence-corrected chi connectivity index (χ2v) is 4.68. The Bertz CT molecular complexity index is 284. The predicted molar refractivity (Wildman–Crippen MR) is 55.5 cm³/mol. The van der Waals surface area contributed by atoms with E-state index in [-0.39, 0.29) is 16.9 Å². The molecule has 0 spiro atoms. The fourth-order valence-corrected chi connectivity index (χ4v) is 2.77. The zero-order chi connectivity index (χ0) is 11.0. The van der Waals surface area contributed by atoms with Gasteiger partial charge in [0.05, 0.1) is 11.8 Å². The number of hydrogen-bond acceptors (Lipinski definition) is 4. The van der Waals surface area contributed by atoms with Crippen molar-refractivity contribution in [3.8, 4) is 0 Å². The van der Waals surface area contributed by atoms with Crippen molar-refractivity contribution in [1.82, 2.24) is 9.80 Å². The number of likely N-dealkylation sites (tertiary alicyclic amines) is 1. The van der Waals surface area contributed by atoms with Crippen molar-refractivity contribution >= 4 is 22.9 Å². The first-order valence-electron chi connectivity index (χ1n) is 4.98. The van der Waals surface area contributed by atoms with E-state index in [1.54, 1.807) is 0 Å². The van der Waals surface area contributed by atoms with E-state index in [2.05, 4.69) is 0 Å². The zero-order valence-corrected chi connectivity index (χ0v) is 9.30. The maximum Gasteiger partial charge on any atom is 0.289 e. The van der Waals surface area contributed by atoms with E-state index >= 15 is 0 Å². The van der Waals surface area contributed by atoms with Gasteiger partial charge in [0.15, 0.2) is 0 Å². The first-order chi connectivity index (χ1) is 7.13. The van der Waals surface area contributed by atoms with Crippen LogP contribution < -0.4 is 0 Å². The summed E-state index contributed by atoms with van der Waals surface area (Å²) in [5, 5.41) is -0.300. The van der Waals surface area contributed by atoms with Crippen molar-refractivity contribution < 1.29 is 14.0 Å². The average Bonchev–Trinajstić information content (AvgIpc) is 2.71. The molecule has 2 amide bonds. The molecule has 0 aromatic rings. The normalized spacial score (nSPS) is 33.1. The molecule has 2 saturated heterocycles. The summed E-state index contributed by atoms with van der Waals surface area (Å²) in [4.78, 5) is 25.8. The van der Waals surface area contributed by atoms with Crippen LogP contribution in [0.4, 0.5) is 9.18 Å². The van der Waals surface area contributed by atoms with Crippen LogP contribution in [0.3, 0.4) is 0 Å². The van der Waals surface area contributed by atoms with E-state index in [1.165, 1.54) is 0 Å². The van der Waals surface area contributed by atoms with Gasteiger partial charge in [-0.25, -0.2) is 4.39 Å². The van der Waals surface area contributed by atoms with Gasteiger partial charge in [0.25, 0.3) is 5.24 Å². The summed E-state index contributed by atoms with van der Waals surface area (Å²) in [7, 11) is 0. The average molecular weight is 232 g/mol. The van der Waals surface area contributed by atoms with E-state index in [0.717, 1.165) is 23.2 Å². The van der Waals surface area contributed by atoms with Crippen LogP contribution in [0.2, 0.25) is 0 Å². The van der Waals surface area contributed by atoms with Crippen molar-refractivity contribution in [2.45, 2.75) is 19.1 Å². The molecular formula is C9H13FN2O2S. The Kier molecular flexibility index (Phi) is 2.97. The van der Waals surface area contributed by atoms with Crippen molar-refractivity contribution in [3.05, 3.63) is 0 Å². The second kappa shape index (κ2) is 4.09. The smallest absolute Gasteiger partial charge is 0.289 e. The molecule has 2 fully saturated rings. The summed E-state index contributed by atoms with van der Waals surface area (Å²) in [5.74, 6) is -0.0932. The molecule has 2 heterocycles. The van der Waals surface area contributed by atoms with Crippen LogP contribution in [0.5, 0.6) is 0 Å². The van der Waals surface area contributed by atoms with E-state index in [1.807, 2.05) is 11.8 Å². The number of carbonyl (C=O) groups is 2. The minimum Gasteiger partial charge on any atom is -0.298 e. The second-order valence-electron chi connectivity index (χ2n) is 3.75. The number of likely N-dealkylation sites (N-methyl/N-ethyl adjacent to an activating group) is 1. The van der Waals surface area contributed by atoms with Gasteiger partial charge >= 0.3 is 0 Å². The van der Waals surface area contributed by atoms with Gasteiger partial charge in [-0.1, -0.05) is 18.7 Å². The highest BCUT2D eigenvalue weighted by molar-refractivity contribution is 8.14. The standard InChI is InChI=1S/C9H13FN2O2S/c1-2-11-3-6(10)7(4-11)12-8(13)5-15-9(12)14/h6-7H,2-5H2,1H3. The number of imide groups is 1. The molecular weight excluding hydrogens is 219 g/mol. The molecule has 0 aromatic carbocycles. The molecule has 0 saturated carbocycles. The molecule has 2 aliphatic heterocycles. The molecule has 2 unspecified atom stereocenters. The monoisotopic (exact) mass is 232 g/mol. The fraction of sp³-hybridized carbons (Fsp3) is 0.778. The van der Waals surface area contributed by atoms with Crippen molar-refractivity contribution in [3.63, 3.8) is 0 Å². The van der Waals surface area contributed by atoms with Gasteiger partial charge in [0.2, 0.25) is 5.91 Å². The third kappa shape index (κ3) is 1.88. The minimum absolute atomic E-state index is 0.161. The maximum absolute atomic E-state index is 13.6. The van der Waals surface area contributed by atoms with Crippen LogP contribution in [0, 0.1) is 0 Å². The number of nitrogens with zero attached hydrogens (tertiary/aromatic N) is 2.